The van der Waals surface area contributed by atoms with E-state index in [1.807, 2.05) is 166 Å². The summed E-state index contributed by atoms with van der Waals surface area (Å²) in [6.07, 6.45) is -7.16. The van der Waals surface area contributed by atoms with Gasteiger partial charge in [0.05, 0.1) is 46.2 Å². The van der Waals surface area contributed by atoms with Crippen LogP contribution >= 0.6 is 0 Å². The van der Waals surface area contributed by atoms with Gasteiger partial charge in [0.2, 0.25) is 0 Å². The third-order valence-corrected chi connectivity index (χ3v) is 11.2. The molecule has 62 heavy (non-hydrogen) atoms. The Balaban J connectivity index is 1.11. The van der Waals surface area contributed by atoms with Crippen LogP contribution in [0.4, 0.5) is 0 Å². The van der Waals surface area contributed by atoms with Crippen molar-refractivity contribution in [2.45, 2.75) is 114 Å². The first-order chi connectivity index (χ1) is 30.4. The van der Waals surface area contributed by atoms with E-state index in [0.29, 0.717) is 26.4 Å². The van der Waals surface area contributed by atoms with Crippen molar-refractivity contribution in [3.05, 3.63) is 179 Å². The maximum atomic E-state index is 7.12. The first-order valence-electron chi connectivity index (χ1n) is 21.5. The van der Waals surface area contributed by atoms with E-state index >= 15 is 0 Å². The van der Waals surface area contributed by atoms with Crippen molar-refractivity contribution in [2.75, 3.05) is 20.3 Å². The smallest absolute Gasteiger partial charge is 0.187 e. The van der Waals surface area contributed by atoms with Crippen molar-refractivity contribution in [1.82, 2.24) is 0 Å². The Kier molecular flexibility index (Phi) is 15.6. The van der Waals surface area contributed by atoms with Gasteiger partial charge >= 0.3 is 0 Å². The van der Waals surface area contributed by atoms with E-state index in [9.17, 15) is 0 Å². The summed E-state index contributed by atoms with van der Waals surface area (Å²) in [7, 11) is 1.59. The average Bonchev–Trinajstić information content (AvgIpc) is 3.65. The van der Waals surface area contributed by atoms with Crippen LogP contribution in [-0.2, 0) is 85.1 Å². The number of rotatable bonds is 20. The van der Waals surface area contributed by atoms with Gasteiger partial charge in [-0.3, -0.25) is 0 Å². The summed E-state index contributed by atoms with van der Waals surface area (Å²) >= 11 is 0. The van der Waals surface area contributed by atoms with E-state index in [-0.39, 0.29) is 19.8 Å². The number of fused-ring (bicyclic) bond motifs is 1. The summed E-state index contributed by atoms with van der Waals surface area (Å²) in [4.78, 5) is 0. The van der Waals surface area contributed by atoms with Crippen LogP contribution < -0.4 is 0 Å². The lowest BCUT2D eigenvalue weighted by atomic mass is 9.96. The lowest BCUT2D eigenvalue weighted by Gasteiger charge is -2.48. The maximum absolute atomic E-state index is 7.12. The van der Waals surface area contributed by atoms with Crippen LogP contribution in [0.1, 0.15) is 41.7 Å². The molecule has 3 aliphatic rings. The largest absolute Gasteiger partial charge is 0.374 e. The maximum Gasteiger partial charge on any atom is 0.187 e. The first kappa shape index (κ1) is 44.3. The van der Waals surface area contributed by atoms with Crippen molar-refractivity contribution >= 4 is 0 Å². The summed E-state index contributed by atoms with van der Waals surface area (Å²) < 4.78 is 73.3. The topological polar surface area (TPSA) is 102 Å². The second-order valence-electron chi connectivity index (χ2n) is 16.3. The van der Waals surface area contributed by atoms with Gasteiger partial charge < -0.3 is 52.1 Å². The molecule has 0 amide bonds. The molecule has 5 aromatic rings. The first-order valence-corrected chi connectivity index (χ1v) is 21.5. The van der Waals surface area contributed by atoms with Crippen LogP contribution in [0.3, 0.4) is 0 Å². The molecule has 0 spiro atoms. The molecule has 3 heterocycles. The normalized spacial score (nSPS) is 28.0. The van der Waals surface area contributed by atoms with E-state index < -0.39 is 67.2 Å². The molecular weight excluding hydrogens is 789 g/mol. The summed E-state index contributed by atoms with van der Waals surface area (Å²) in [6.45, 7) is 5.86. The molecule has 0 aliphatic carbocycles. The number of methoxy groups -OCH3 is 1. The fraction of sp³-hybridized carbons (Fsp3) is 0.412. The zero-order valence-corrected chi connectivity index (χ0v) is 35.6. The van der Waals surface area contributed by atoms with Gasteiger partial charge in [-0.25, -0.2) is 0 Å². The molecule has 8 rings (SSSR count). The molecule has 0 radical (unpaired) electrons. The van der Waals surface area contributed by atoms with Crippen LogP contribution in [0.2, 0.25) is 0 Å². The molecule has 328 valence electrons. The van der Waals surface area contributed by atoms with Crippen LogP contribution in [0, 0.1) is 0 Å². The van der Waals surface area contributed by atoms with Gasteiger partial charge in [0.1, 0.15) is 48.8 Å². The van der Waals surface area contributed by atoms with Crippen LogP contribution in [0.5, 0.6) is 0 Å². The van der Waals surface area contributed by atoms with Gasteiger partial charge in [0, 0.05) is 7.11 Å². The molecule has 3 saturated heterocycles. The fourth-order valence-corrected chi connectivity index (χ4v) is 8.18. The van der Waals surface area contributed by atoms with E-state index in [1.165, 1.54) is 0 Å². The summed E-state index contributed by atoms with van der Waals surface area (Å²) in [5.74, 6) is -0.942. The molecule has 11 heteroatoms. The molecule has 11 nitrogen and oxygen atoms in total. The average molecular weight is 847 g/mol. The predicted molar refractivity (Wildman–Crippen MR) is 230 cm³/mol. The SMILES string of the molecule is CO[C@H]1O[C@H](COCc2ccccc2)[C@@H]2OC(C)(C)O[C@@H]2[C@H]1O[C@H]1O[C@H](COCc2ccccc2)[C@H](OCc2ccccc2)[C@H](OCc2ccccc2)[C@H]1OCc1ccccc1. The summed E-state index contributed by atoms with van der Waals surface area (Å²) in [5, 5.41) is 0. The standard InChI is InChI=1S/C51H58O11/c1-51(2)61-44-42(35-54-30-37-21-11-5-12-22-37)58-49(52-3)48(46(44)62-51)60-50-47(57-33-40-27-17-8-18-28-40)45(56-32-39-25-15-7-16-26-39)43(55-31-38-23-13-6-14-24-38)41(59-50)34-53-29-36-19-9-4-10-20-36/h4-28,41-50H,29-35H2,1-3H3/t41-,42-,43+,44+,45+,46+,47-,48-,49+,50-/m1/s1. The highest BCUT2D eigenvalue weighted by Crippen LogP contribution is 2.41. The quantitative estimate of drug-likeness (QED) is 0.0759. The van der Waals surface area contributed by atoms with Gasteiger partial charge in [-0.1, -0.05) is 152 Å². The Labute approximate surface area is 365 Å². The highest BCUT2D eigenvalue weighted by Gasteiger charge is 2.58. The van der Waals surface area contributed by atoms with Crippen molar-refractivity contribution in [1.29, 1.82) is 0 Å². The van der Waals surface area contributed by atoms with Gasteiger partial charge in [-0.05, 0) is 41.7 Å². The molecule has 0 N–H and O–H groups in total. The van der Waals surface area contributed by atoms with Crippen molar-refractivity contribution in [2.24, 2.45) is 0 Å². The monoisotopic (exact) mass is 846 g/mol. The zero-order valence-electron chi connectivity index (χ0n) is 35.6. The van der Waals surface area contributed by atoms with Crippen LogP contribution in [-0.4, -0.2) is 87.5 Å². The minimum atomic E-state index is -1.02. The molecule has 0 bridgehead atoms. The third-order valence-electron chi connectivity index (χ3n) is 11.2. The Bertz CT molecular complexity index is 2020. The van der Waals surface area contributed by atoms with Crippen molar-refractivity contribution in [3.63, 3.8) is 0 Å². The molecule has 5 aromatic carbocycles. The van der Waals surface area contributed by atoms with Crippen LogP contribution in [0.15, 0.2) is 152 Å². The Hall–Kier alpha value is -4.34. The summed E-state index contributed by atoms with van der Waals surface area (Å²) in [6, 6.07) is 50.2. The highest BCUT2D eigenvalue weighted by molar-refractivity contribution is 5.17. The van der Waals surface area contributed by atoms with Gasteiger partial charge in [-0.15, -0.1) is 0 Å². The molecule has 10 atom stereocenters. The minimum absolute atomic E-state index is 0.180. The highest BCUT2D eigenvalue weighted by atomic mass is 16.8. The lowest BCUT2D eigenvalue weighted by molar-refractivity contribution is -0.369. The van der Waals surface area contributed by atoms with Gasteiger partial charge in [0.15, 0.2) is 18.4 Å². The van der Waals surface area contributed by atoms with E-state index in [4.69, 9.17) is 52.1 Å². The van der Waals surface area contributed by atoms with Crippen molar-refractivity contribution < 1.29 is 52.1 Å². The number of hydrogen-bond acceptors (Lipinski definition) is 11. The number of ether oxygens (including phenoxy) is 11. The molecule has 3 aliphatic heterocycles. The summed E-state index contributed by atoms with van der Waals surface area (Å²) in [5.41, 5.74) is 5.08. The fourth-order valence-electron chi connectivity index (χ4n) is 8.18. The van der Waals surface area contributed by atoms with Crippen LogP contribution in [0.25, 0.3) is 0 Å². The molecule has 3 fully saturated rings. The second-order valence-corrected chi connectivity index (χ2v) is 16.3. The van der Waals surface area contributed by atoms with E-state index in [1.54, 1.807) is 7.11 Å². The molecular formula is C51H58O11. The number of hydrogen-bond donors (Lipinski definition) is 0. The lowest BCUT2D eigenvalue weighted by Crippen LogP contribution is -2.65. The Morgan fingerprint density at radius 1 is 0.419 bits per heavy atom. The predicted octanol–water partition coefficient (Wildman–Crippen LogP) is 8.18. The molecule has 0 saturated carbocycles. The Morgan fingerprint density at radius 3 is 1.27 bits per heavy atom. The van der Waals surface area contributed by atoms with Gasteiger partial charge in [0.25, 0.3) is 0 Å². The van der Waals surface area contributed by atoms with E-state index in [2.05, 4.69) is 0 Å². The molecule has 0 unspecified atom stereocenters. The van der Waals surface area contributed by atoms with Crippen molar-refractivity contribution in [3.8, 4) is 0 Å². The minimum Gasteiger partial charge on any atom is -0.374 e. The molecule has 0 aromatic heterocycles. The van der Waals surface area contributed by atoms with E-state index in [0.717, 1.165) is 27.8 Å². The Morgan fingerprint density at radius 2 is 0.806 bits per heavy atom. The number of benzene rings is 5. The van der Waals surface area contributed by atoms with Gasteiger partial charge in [-0.2, -0.15) is 0 Å². The third kappa shape index (κ3) is 11.8. The second kappa shape index (κ2) is 21.8. The zero-order chi connectivity index (χ0) is 42.6.